The van der Waals surface area contributed by atoms with E-state index in [2.05, 4.69) is 18.0 Å². The Morgan fingerprint density at radius 2 is 2.12 bits per heavy atom. The topological polar surface area (TPSA) is 55.2 Å². The third kappa shape index (κ3) is 2.36. The quantitative estimate of drug-likeness (QED) is 0.747. The number of rotatable bonds is 1. The number of fused-ring (bicyclic) bond motifs is 2. The van der Waals surface area contributed by atoms with Crippen molar-refractivity contribution in [3.05, 3.63) is 51.9 Å². The van der Waals surface area contributed by atoms with Gasteiger partial charge < -0.3 is 4.90 Å². The number of hydrogen-bond donors (Lipinski definition) is 0. The number of anilines is 1. The first-order valence-corrected chi connectivity index (χ1v) is 9.15. The molecule has 6 heteroatoms. The van der Waals surface area contributed by atoms with E-state index in [-0.39, 0.29) is 23.4 Å². The normalized spacial score (nSPS) is 22.2. The van der Waals surface area contributed by atoms with E-state index in [0.29, 0.717) is 23.0 Å². The molecule has 3 heterocycles. The molecule has 0 saturated heterocycles. The van der Waals surface area contributed by atoms with Crippen molar-refractivity contribution in [1.29, 1.82) is 0 Å². The highest BCUT2D eigenvalue weighted by atomic mass is 32.2. The minimum absolute atomic E-state index is 0.0418. The summed E-state index contributed by atoms with van der Waals surface area (Å²) in [6.07, 6.45) is 2.50. The van der Waals surface area contributed by atoms with Gasteiger partial charge >= 0.3 is 0 Å². The second-order valence-corrected chi connectivity index (χ2v) is 7.52. The molecule has 0 fully saturated rings. The summed E-state index contributed by atoms with van der Waals surface area (Å²) in [5.74, 6) is 0.580. The van der Waals surface area contributed by atoms with Gasteiger partial charge in [-0.15, -0.1) is 0 Å². The highest BCUT2D eigenvalue weighted by molar-refractivity contribution is 7.99. The zero-order chi connectivity index (χ0) is 16.8. The van der Waals surface area contributed by atoms with Crippen LogP contribution in [0.5, 0.6) is 0 Å². The molecule has 0 radical (unpaired) electrons. The summed E-state index contributed by atoms with van der Waals surface area (Å²) < 4.78 is 1.65. The SMILES string of the molecule is Cc1cnc2n(c1=O)C[C@@H](C(=O)N1c3ccccc3C[C@@H]1C)CS2. The maximum atomic E-state index is 13.2. The zero-order valence-electron chi connectivity index (χ0n) is 13.7. The molecular weight excluding hydrogens is 322 g/mol. The number of nitrogens with zero attached hydrogens (tertiary/aromatic N) is 3. The van der Waals surface area contributed by atoms with Gasteiger partial charge in [0.25, 0.3) is 5.56 Å². The van der Waals surface area contributed by atoms with Gasteiger partial charge in [-0.2, -0.15) is 0 Å². The Morgan fingerprint density at radius 3 is 2.96 bits per heavy atom. The van der Waals surface area contributed by atoms with Crippen LogP contribution in [0.15, 0.2) is 40.4 Å². The van der Waals surface area contributed by atoms with Crippen LogP contribution in [0.4, 0.5) is 5.69 Å². The second kappa shape index (κ2) is 5.77. The molecule has 0 spiro atoms. The second-order valence-electron chi connectivity index (χ2n) is 6.54. The molecule has 1 amide bonds. The first kappa shape index (κ1) is 15.4. The Labute approximate surface area is 144 Å². The maximum absolute atomic E-state index is 13.2. The van der Waals surface area contributed by atoms with E-state index in [1.807, 2.05) is 23.1 Å². The third-order valence-electron chi connectivity index (χ3n) is 4.79. The monoisotopic (exact) mass is 341 g/mol. The van der Waals surface area contributed by atoms with E-state index < -0.39 is 0 Å². The highest BCUT2D eigenvalue weighted by Gasteiger charge is 2.36. The van der Waals surface area contributed by atoms with Crippen LogP contribution >= 0.6 is 11.8 Å². The lowest BCUT2D eigenvalue weighted by atomic mass is 10.1. The van der Waals surface area contributed by atoms with E-state index in [4.69, 9.17) is 0 Å². The predicted molar refractivity (Wildman–Crippen MR) is 94.5 cm³/mol. The van der Waals surface area contributed by atoms with Crippen LogP contribution in [0.1, 0.15) is 18.1 Å². The van der Waals surface area contributed by atoms with Crippen molar-refractivity contribution in [2.45, 2.75) is 38.0 Å². The number of carbonyl (C=O) groups is 1. The Hall–Kier alpha value is -2.08. The van der Waals surface area contributed by atoms with E-state index in [9.17, 15) is 9.59 Å². The summed E-state index contributed by atoms with van der Waals surface area (Å²) in [5, 5.41) is 0.713. The Balaban J connectivity index is 1.65. The molecule has 5 nitrogen and oxygen atoms in total. The van der Waals surface area contributed by atoms with Gasteiger partial charge in [0.1, 0.15) is 0 Å². The summed E-state index contributed by atoms with van der Waals surface area (Å²) in [5.41, 5.74) is 2.81. The molecule has 0 aliphatic carbocycles. The zero-order valence-corrected chi connectivity index (χ0v) is 14.5. The van der Waals surface area contributed by atoms with Gasteiger partial charge in [-0.1, -0.05) is 30.0 Å². The van der Waals surface area contributed by atoms with Crippen LogP contribution in [0.3, 0.4) is 0 Å². The first-order chi connectivity index (χ1) is 11.6. The van der Waals surface area contributed by atoms with Crippen LogP contribution in [0, 0.1) is 12.8 Å². The number of thioether (sulfide) groups is 1. The number of carbonyl (C=O) groups excluding carboxylic acids is 1. The van der Waals surface area contributed by atoms with Crippen molar-refractivity contribution in [2.24, 2.45) is 5.92 Å². The van der Waals surface area contributed by atoms with Gasteiger partial charge in [-0.05, 0) is 31.9 Å². The fraction of sp³-hybridized carbons (Fsp3) is 0.389. The van der Waals surface area contributed by atoms with Crippen LogP contribution in [-0.2, 0) is 17.8 Å². The smallest absolute Gasteiger partial charge is 0.257 e. The Kier molecular flexibility index (Phi) is 3.72. The summed E-state index contributed by atoms with van der Waals surface area (Å²) in [6.45, 7) is 4.26. The van der Waals surface area contributed by atoms with Crippen molar-refractivity contribution in [1.82, 2.24) is 9.55 Å². The molecule has 2 aliphatic rings. The number of benzene rings is 1. The van der Waals surface area contributed by atoms with Crippen molar-refractivity contribution < 1.29 is 4.79 Å². The molecule has 0 N–H and O–H groups in total. The molecule has 0 bridgehead atoms. The van der Waals surface area contributed by atoms with Crippen molar-refractivity contribution in [2.75, 3.05) is 10.7 Å². The molecule has 0 saturated carbocycles. The summed E-state index contributed by atoms with van der Waals surface area (Å²) in [4.78, 5) is 31.7. The van der Waals surface area contributed by atoms with Gasteiger partial charge in [0, 0.05) is 35.8 Å². The summed E-state index contributed by atoms with van der Waals surface area (Å²) in [7, 11) is 0. The molecule has 0 unspecified atom stereocenters. The van der Waals surface area contributed by atoms with E-state index in [1.165, 1.54) is 17.3 Å². The average Bonchev–Trinajstić information content (AvgIpc) is 2.93. The molecular formula is C18H19N3O2S. The molecule has 4 rings (SSSR count). The number of aromatic nitrogens is 2. The van der Waals surface area contributed by atoms with Gasteiger partial charge in [-0.25, -0.2) is 4.98 Å². The Morgan fingerprint density at radius 1 is 1.33 bits per heavy atom. The number of aryl methyl sites for hydroxylation is 1. The molecule has 24 heavy (non-hydrogen) atoms. The molecule has 124 valence electrons. The van der Waals surface area contributed by atoms with Gasteiger partial charge in [0.15, 0.2) is 5.16 Å². The largest absolute Gasteiger partial charge is 0.309 e. The lowest BCUT2D eigenvalue weighted by molar-refractivity contribution is -0.122. The molecule has 1 aromatic heterocycles. The molecule has 2 atom stereocenters. The van der Waals surface area contributed by atoms with Crippen LogP contribution < -0.4 is 10.5 Å². The first-order valence-electron chi connectivity index (χ1n) is 8.16. The lowest BCUT2D eigenvalue weighted by Gasteiger charge is -2.30. The van der Waals surface area contributed by atoms with Gasteiger partial charge in [-0.3, -0.25) is 14.2 Å². The number of para-hydroxylation sites is 1. The van der Waals surface area contributed by atoms with Crippen molar-refractivity contribution in [3.8, 4) is 0 Å². The summed E-state index contributed by atoms with van der Waals surface area (Å²) >= 11 is 1.49. The minimum atomic E-state index is -0.197. The highest BCUT2D eigenvalue weighted by Crippen LogP contribution is 2.35. The predicted octanol–water partition coefficient (Wildman–Crippen LogP) is 2.25. The number of amides is 1. The van der Waals surface area contributed by atoms with E-state index in [0.717, 1.165) is 12.1 Å². The molecule has 2 aromatic rings. The maximum Gasteiger partial charge on any atom is 0.257 e. The lowest BCUT2D eigenvalue weighted by Crippen LogP contribution is -2.45. The van der Waals surface area contributed by atoms with Gasteiger partial charge in [0.2, 0.25) is 5.91 Å². The standard InChI is InChI=1S/C18H19N3O2S/c1-11-8-19-18-20(16(11)22)9-14(10-24-18)17(23)21-12(2)7-13-5-3-4-6-15(13)21/h3-6,8,12,14H,7,9-10H2,1-2H3/t12-,14+/m0/s1. The van der Waals surface area contributed by atoms with Crippen molar-refractivity contribution in [3.63, 3.8) is 0 Å². The van der Waals surface area contributed by atoms with E-state index in [1.54, 1.807) is 17.7 Å². The fourth-order valence-corrected chi connectivity index (χ4v) is 4.59. The average molecular weight is 341 g/mol. The minimum Gasteiger partial charge on any atom is -0.309 e. The fourth-order valence-electron chi connectivity index (χ4n) is 3.55. The molecule has 2 aliphatic heterocycles. The van der Waals surface area contributed by atoms with Gasteiger partial charge in [0.05, 0.1) is 5.92 Å². The van der Waals surface area contributed by atoms with Crippen LogP contribution in [-0.4, -0.2) is 27.3 Å². The molecule has 1 aromatic carbocycles. The van der Waals surface area contributed by atoms with Crippen LogP contribution in [0.2, 0.25) is 0 Å². The van der Waals surface area contributed by atoms with Crippen molar-refractivity contribution >= 4 is 23.4 Å². The van der Waals surface area contributed by atoms with Crippen LogP contribution in [0.25, 0.3) is 0 Å². The summed E-state index contributed by atoms with van der Waals surface area (Å²) in [6, 6.07) is 8.24. The third-order valence-corrected chi connectivity index (χ3v) is 5.95. The Bertz CT molecular complexity index is 877. The van der Waals surface area contributed by atoms with E-state index >= 15 is 0 Å². The number of hydrogen-bond acceptors (Lipinski definition) is 4.